The molecule has 0 saturated carbocycles. The summed E-state index contributed by atoms with van der Waals surface area (Å²) < 4.78 is 5.59. The van der Waals surface area contributed by atoms with Crippen LogP contribution < -0.4 is 10.6 Å². The van der Waals surface area contributed by atoms with E-state index in [1.165, 1.54) is 5.56 Å². The number of carbonyl (C=O) groups is 1. The van der Waals surface area contributed by atoms with Crippen LogP contribution in [-0.2, 0) is 17.8 Å². The summed E-state index contributed by atoms with van der Waals surface area (Å²) in [5, 5.41) is 6.15. The highest BCUT2D eigenvalue weighted by molar-refractivity contribution is 6.33. The van der Waals surface area contributed by atoms with Gasteiger partial charge in [0.15, 0.2) is 0 Å². The van der Waals surface area contributed by atoms with E-state index in [4.69, 9.17) is 16.3 Å². The lowest BCUT2D eigenvalue weighted by molar-refractivity contribution is -0.0212. The minimum atomic E-state index is -0.273. The molecule has 0 spiro atoms. The van der Waals surface area contributed by atoms with Crippen molar-refractivity contribution in [1.29, 1.82) is 0 Å². The van der Waals surface area contributed by atoms with Gasteiger partial charge in [0, 0.05) is 26.2 Å². The van der Waals surface area contributed by atoms with E-state index in [1.54, 1.807) is 12.1 Å². The zero-order valence-corrected chi connectivity index (χ0v) is 15.6. The van der Waals surface area contributed by atoms with E-state index in [0.717, 1.165) is 31.8 Å². The van der Waals surface area contributed by atoms with Crippen LogP contribution in [0.25, 0.3) is 0 Å². The first-order valence-electron chi connectivity index (χ1n) is 8.81. The van der Waals surface area contributed by atoms with Crippen LogP contribution >= 0.6 is 11.6 Å². The summed E-state index contributed by atoms with van der Waals surface area (Å²) in [6.45, 7) is 6.14. The van der Waals surface area contributed by atoms with Crippen LogP contribution in [0.1, 0.15) is 18.1 Å². The molecule has 138 valence electrons. The Morgan fingerprint density at radius 3 is 2.85 bits per heavy atom. The van der Waals surface area contributed by atoms with Crippen molar-refractivity contribution < 1.29 is 9.53 Å². The highest BCUT2D eigenvalue weighted by Gasteiger charge is 2.16. The molecule has 0 bridgehead atoms. The fourth-order valence-electron chi connectivity index (χ4n) is 3.04. The molecule has 5 nitrogen and oxygen atoms in total. The van der Waals surface area contributed by atoms with Crippen LogP contribution in [0.15, 0.2) is 48.5 Å². The molecule has 1 heterocycles. The van der Waals surface area contributed by atoms with Crippen molar-refractivity contribution in [2.45, 2.75) is 26.1 Å². The van der Waals surface area contributed by atoms with Gasteiger partial charge in [-0.15, -0.1) is 0 Å². The Hall–Kier alpha value is -2.08. The first-order chi connectivity index (χ1) is 12.6. The first kappa shape index (κ1) is 18.7. The smallest absolute Gasteiger partial charge is 0.319 e. The number of ether oxygens (including phenoxy) is 1. The number of anilines is 1. The second-order valence-electron chi connectivity index (χ2n) is 6.52. The van der Waals surface area contributed by atoms with Gasteiger partial charge in [0.05, 0.1) is 23.4 Å². The second kappa shape index (κ2) is 9.03. The number of nitrogens with one attached hydrogen (secondary N) is 2. The Morgan fingerprint density at radius 2 is 2.04 bits per heavy atom. The molecule has 0 aromatic heterocycles. The normalized spacial score (nSPS) is 17.7. The van der Waals surface area contributed by atoms with E-state index in [1.807, 2.05) is 24.3 Å². The summed E-state index contributed by atoms with van der Waals surface area (Å²) in [7, 11) is 0. The number of nitrogens with zero attached hydrogens (tertiary/aromatic N) is 1. The molecular formula is C20H24ClN3O2. The highest BCUT2D eigenvalue weighted by atomic mass is 35.5. The fourth-order valence-corrected chi connectivity index (χ4v) is 3.22. The summed E-state index contributed by atoms with van der Waals surface area (Å²) >= 11 is 6.05. The van der Waals surface area contributed by atoms with Crippen molar-refractivity contribution in [2.24, 2.45) is 0 Å². The Morgan fingerprint density at radius 1 is 1.23 bits per heavy atom. The molecule has 2 N–H and O–H groups in total. The molecule has 0 aliphatic carbocycles. The summed E-state index contributed by atoms with van der Waals surface area (Å²) in [5.74, 6) is 0. The molecule has 1 unspecified atom stereocenters. The van der Waals surface area contributed by atoms with Crippen molar-refractivity contribution in [1.82, 2.24) is 10.2 Å². The van der Waals surface area contributed by atoms with Gasteiger partial charge >= 0.3 is 6.03 Å². The lowest BCUT2D eigenvalue weighted by Gasteiger charge is -2.31. The molecule has 1 atom stereocenters. The zero-order valence-electron chi connectivity index (χ0n) is 14.9. The number of halogens is 1. The largest absolute Gasteiger partial charge is 0.376 e. The van der Waals surface area contributed by atoms with Gasteiger partial charge in [0.2, 0.25) is 0 Å². The fraction of sp³-hybridized carbons (Fsp3) is 0.350. The van der Waals surface area contributed by atoms with Crippen LogP contribution in [0, 0.1) is 0 Å². The van der Waals surface area contributed by atoms with Gasteiger partial charge in [-0.25, -0.2) is 4.79 Å². The first-order valence-corrected chi connectivity index (χ1v) is 9.19. The SMILES string of the molecule is CC1CN(Cc2cccc(CNC(=O)Nc3ccccc3Cl)c2)CCO1. The molecule has 0 radical (unpaired) electrons. The number of benzene rings is 2. The number of morpholine rings is 1. The maximum Gasteiger partial charge on any atom is 0.319 e. The van der Waals surface area contributed by atoms with Gasteiger partial charge in [-0.05, 0) is 30.2 Å². The molecule has 1 fully saturated rings. The van der Waals surface area contributed by atoms with Crippen molar-refractivity contribution >= 4 is 23.3 Å². The topological polar surface area (TPSA) is 53.6 Å². The van der Waals surface area contributed by atoms with E-state index in [0.29, 0.717) is 17.3 Å². The van der Waals surface area contributed by atoms with E-state index < -0.39 is 0 Å². The lowest BCUT2D eigenvalue weighted by Crippen LogP contribution is -2.40. The molecule has 2 amide bonds. The Kier molecular flexibility index (Phi) is 6.50. The van der Waals surface area contributed by atoms with Gasteiger partial charge in [-0.2, -0.15) is 0 Å². The third-order valence-corrected chi connectivity index (χ3v) is 4.63. The van der Waals surface area contributed by atoms with E-state index >= 15 is 0 Å². The molecule has 3 rings (SSSR count). The quantitative estimate of drug-likeness (QED) is 0.836. The van der Waals surface area contributed by atoms with Crippen LogP contribution in [0.5, 0.6) is 0 Å². The zero-order chi connectivity index (χ0) is 18.4. The molecule has 26 heavy (non-hydrogen) atoms. The van der Waals surface area contributed by atoms with Crippen LogP contribution in [0.4, 0.5) is 10.5 Å². The second-order valence-corrected chi connectivity index (χ2v) is 6.93. The van der Waals surface area contributed by atoms with Gasteiger partial charge in [0.1, 0.15) is 0 Å². The van der Waals surface area contributed by atoms with Crippen LogP contribution in [0.2, 0.25) is 5.02 Å². The van der Waals surface area contributed by atoms with E-state index in [9.17, 15) is 4.79 Å². The summed E-state index contributed by atoms with van der Waals surface area (Å²) in [6, 6.07) is 15.2. The van der Waals surface area contributed by atoms with Crippen molar-refractivity contribution in [3.8, 4) is 0 Å². The predicted molar refractivity (Wildman–Crippen MR) is 104 cm³/mol. The number of amides is 2. The maximum absolute atomic E-state index is 12.1. The minimum Gasteiger partial charge on any atom is -0.376 e. The molecule has 1 saturated heterocycles. The molecule has 2 aromatic carbocycles. The summed E-state index contributed by atoms with van der Waals surface area (Å²) in [5.41, 5.74) is 2.91. The molecule has 1 aliphatic rings. The van der Waals surface area contributed by atoms with E-state index in [2.05, 4.69) is 34.6 Å². The average molecular weight is 374 g/mol. The van der Waals surface area contributed by atoms with Crippen LogP contribution in [0.3, 0.4) is 0 Å². The molecule has 6 heteroatoms. The number of para-hydroxylation sites is 1. The van der Waals surface area contributed by atoms with Gasteiger partial charge in [-0.3, -0.25) is 4.90 Å². The molecule has 2 aromatic rings. The van der Waals surface area contributed by atoms with Crippen molar-refractivity contribution in [2.75, 3.05) is 25.0 Å². The third-order valence-electron chi connectivity index (χ3n) is 4.30. The predicted octanol–water partition coefficient (Wildman–Crippen LogP) is 3.88. The lowest BCUT2D eigenvalue weighted by atomic mass is 10.1. The third kappa shape index (κ3) is 5.46. The summed E-state index contributed by atoms with van der Waals surface area (Å²) in [6.07, 6.45) is 0.280. The van der Waals surface area contributed by atoms with Gasteiger partial charge in [0.25, 0.3) is 0 Å². The number of carbonyl (C=O) groups excluding carboxylic acids is 1. The average Bonchev–Trinajstić information content (AvgIpc) is 2.62. The summed E-state index contributed by atoms with van der Waals surface area (Å²) in [4.78, 5) is 14.5. The van der Waals surface area contributed by atoms with Crippen LogP contribution in [-0.4, -0.2) is 36.7 Å². The van der Waals surface area contributed by atoms with E-state index in [-0.39, 0.29) is 12.1 Å². The minimum absolute atomic E-state index is 0.273. The van der Waals surface area contributed by atoms with Gasteiger partial charge < -0.3 is 15.4 Å². The number of hydrogen-bond acceptors (Lipinski definition) is 3. The molecule has 1 aliphatic heterocycles. The van der Waals surface area contributed by atoms with Crippen molar-refractivity contribution in [3.63, 3.8) is 0 Å². The Bertz CT molecular complexity index is 753. The van der Waals surface area contributed by atoms with Crippen molar-refractivity contribution in [3.05, 3.63) is 64.7 Å². The monoisotopic (exact) mass is 373 g/mol. The molecular weight excluding hydrogens is 350 g/mol. The Balaban J connectivity index is 1.52. The number of hydrogen-bond donors (Lipinski definition) is 2. The van der Waals surface area contributed by atoms with Gasteiger partial charge in [-0.1, -0.05) is 48.0 Å². The Labute approximate surface area is 159 Å². The number of urea groups is 1. The maximum atomic E-state index is 12.1. The number of rotatable bonds is 5. The standard InChI is InChI=1S/C20H24ClN3O2/c1-15-13-24(9-10-26-15)14-17-6-4-5-16(11-17)12-22-20(25)23-19-8-3-2-7-18(19)21/h2-8,11,15H,9-10,12-14H2,1H3,(H2,22,23,25). The highest BCUT2D eigenvalue weighted by Crippen LogP contribution is 2.20.